The van der Waals surface area contributed by atoms with Gasteiger partial charge >= 0.3 is 0 Å². The highest BCUT2D eigenvalue weighted by Crippen LogP contribution is 2.27. The van der Waals surface area contributed by atoms with Gasteiger partial charge in [0.1, 0.15) is 5.71 Å². The number of benzene rings is 3. The summed E-state index contributed by atoms with van der Waals surface area (Å²) in [7, 11) is 1.55. The van der Waals surface area contributed by atoms with Gasteiger partial charge in [-0.1, -0.05) is 60.7 Å². The molecule has 0 saturated heterocycles. The number of carbonyl (C=O) groups excluding carboxylic acids is 1. The highest BCUT2D eigenvalue weighted by molar-refractivity contribution is 6.12. The third-order valence-corrected chi connectivity index (χ3v) is 4.38. The Labute approximate surface area is 182 Å². The van der Waals surface area contributed by atoms with Gasteiger partial charge in [0.2, 0.25) is 0 Å². The Morgan fingerprint density at radius 3 is 2.16 bits per heavy atom. The lowest BCUT2D eigenvalue weighted by atomic mass is 10.0. The number of amides is 1. The van der Waals surface area contributed by atoms with Gasteiger partial charge in [0.25, 0.3) is 5.91 Å². The van der Waals surface area contributed by atoms with E-state index in [4.69, 9.17) is 9.47 Å². The van der Waals surface area contributed by atoms with E-state index in [1.807, 2.05) is 73.7 Å². The van der Waals surface area contributed by atoms with E-state index < -0.39 is 0 Å². The van der Waals surface area contributed by atoms with Crippen molar-refractivity contribution in [3.63, 3.8) is 0 Å². The number of nitrogens with one attached hydrogen (secondary N) is 1. The number of methoxy groups -OCH3 is 1. The minimum Gasteiger partial charge on any atom is -0.493 e. The third-order valence-electron chi connectivity index (χ3n) is 4.38. The van der Waals surface area contributed by atoms with Crippen molar-refractivity contribution in [3.8, 4) is 11.5 Å². The molecule has 0 saturated carbocycles. The van der Waals surface area contributed by atoms with Crippen LogP contribution in [0, 0.1) is 0 Å². The molecular formula is C25H25N3O3. The number of nitrogens with zero attached hydrogens (tertiary/aromatic N) is 2. The van der Waals surface area contributed by atoms with Crippen LogP contribution in [0.3, 0.4) is 0 Å². The van der Waals surface area contributed by atoms with E-state index in [9.17, 15) is 4.79 Å². The molecular weight excluding hydrogens is 390 g/mol. The van der Waals surface area contributed by atoms with E-state index in [-0.39, 0.29) is 12.5 Å². The van der Waals surface area contributed by atoms with E-state index in [1.165, 1.54) is 0 Å². The zero-order valence-electron chi connectivity index (χ0n) is 17.6. The van der Waals surface area contributed by atoms with Crippen molar-refractivity contribution in [2.45, 2.75) is 6.92 Å². The van der Waals surface area contributed by atoms with Gasteiger partial charge in [-0.2, -0.15) is 5.10 Å². The average Bonchev–Trinajstić information content (AvgIpc) is 2.82. The van der Waals surface area contributed by atoms with Crippen LogP contribution in [0.15, 0.2) is 89.1 Å². The maximum Gasteiger partial charge on any atom is 0.257 e. The van der Waals surface area contributed by atoms with Gasteiger partial charge in [-0.05, 0) is 30.7 Å². The molecule has 0 aliphatic rings. The number of hydrogen-bond acceptors (Lipinski definition) is 5. The summed E-state index contributed by atoms with van der Waals surface area (Å²) in [4.78, 5) is 11.6. The lowest BCUT2D eigenvalue weighted by molar-refractivity contribution is -0.123. The summed E-state index contributed by atoms with van der Waals surface area (Å²) in [6.07, 6.45) is 1.65. The fourth-order valence-electron chi connectivity index (χ4n) is 2.90. The normalized spacial score (nSPS) is 10.5. The lowest BCUT2D eigenvalue weighted by Gasteiger charge is -2.11. The van der Waals surface area contributed by atoms with Crippen LogP contribution < -0.4 is 14.8 Å². The van der Waals surface area contributed by atoms with Gasteiger partial charge < -0.3 is 14.8 Å². The van der Waals surface area contributed by atoms with Gasteiger partial charge in [-0.25, -0.2) is 0 Å². The molecule has 6 heteroatoms. The molecule has 0 spiro atoms. The number of carbonyl (C=O) groups is 1. The van der Waals surface area contributed by atoms with Gasteiger partial charge in [-0.3, -0.25) is 4.79 Å². The van der Waals surface area contributed by atoms with Gasteiger partial charge in [0.15, 0.2) is 18.1 Å². The Morgan fingerprint density at radius 1 is 0.935 bits per heavy atom. The van der Waals surface area contributed by atoms with E-state index in [0.29, 0.717) is 18.0 Å². The van der Waals surface area contributed by atoms with Crippen LogP contribution in [0.5, 0.6) is 11.5 Å². The predicted molar refractivity (Wildman–Crippen MR) is 123 cm³/mol. The molecule has 0 unspecified atom stereocenters. The van der Waals surface area contributed by atoms with Crippen molar-refractivity contribution < 1.29 is 14.3 Å². The topological polar surface area (TPSA) is 72.3 Å². The molecule has 0 fully saturated rings. The van der Waals surface area contributed by atoms with Crippen molar-refractivity contribution in [2.24, 2.45) is 10.2 Å². The van der Waals surface area contributed by atoms with Gasteiger partial charge in [0, 0.05) is 17.7 Å². The van der Waals surface area contributed by atoms with E-state index in [0.717, 1.165) is 22.4 Å². The van der Waals surface area contributed by atoms with Crippen molar-refractivity contribution in [3.05, 3.63) is 95.6 Å². The first-order valence-corrected chi connectivity index (χ1v) is 10.0. The summed E-state index contributed by atoms with van der Waals surface area (Å²) in [5.74, 6) is 0.825. The Kier molecular flexibility index (Phi) is 7.94. The monoisotopic (exact) mass is 415 g/mol. The number of rotatable bonds is 9. The molecule has 6 nitrogen and oxygen atoms in total. The molecule has 0 aliphatic heterocycles. The molecule has 1 N–H and O–H groups in total. The summed E-state index contributed by atoms with van der Waals surface area (Å²) in [5.41, 5.74) is 3.55. The quantitative estimate of drug-likeness (QED) is 0.423. The lowest BCUT2D eigenvalue weighted by Crippen LogP contribution is -2.28. The second-order valence-corrected chi connectivity index (χ2v) is 6.58. The molecule has 0 radical (unpaired) electrons. The van der Waals surface area contributed by atoms with Crippen LogP contribution in [0.2, 0.25) is 0 Å². The summed E-state index contributed by atoms with van der Waals surface area (Å²) < 4.78 is 10.9. The predicted octanol–water partition coefficient (Wildman–Crippen LogP) is 4.08. The molecule has 0 aliphatic carbocycles. The van der Waals surface area contributed by atoms with Crippen LogP contribution in [-0.4, -0.2) is 38.1 Å². The highest BCUT2D eigenvalue weighted by Gasteiger charge is 2.08. The fourth-order valence-corrected chi connectivity index (χ4v) is 2.90. The zero-order chi connectivity index (χ0) is 21.9. The molecule has 1 amide bonds. The molecule has 31 heavy (non-hydrogen) atoms. The largest absolute Gasteiger partial charge is 0.493 e. The van der Waals surface area contributed by atoms with Crippen molar-refractivity contribution in [1.82, 2.24) is 5.32 Å². The molecule has 0 atom stereocenters. The fraction of sp³-hybridized carbons (Fsp3) is 0.160. The average molecular weight is 415 g/mol. The van der Waals surface area contributed by atoms with E-state index >= 15 is 0 Å². The number of likely N-dealkylation sites (N-methyl/N-ethyl adjacent to an activating group) is 1. The first kappa shape index (κ1) is 21.8. The highest BCUT2D eigenvalue weighted by atomic mass is 16.5. The first-order valence-electron chi connectivity index (χ1n) is 10.0. The zero-order valence-corrected chi connectivity index (χ0v) is 17.6. The Bertz CT molecular complexity index is 1010. The standard InChI is InChI=1S/C25H25N3O3/c1-3-26-24(29)18-31-22-15-14-19(16-23(22)30-2)17-27-28-25(20-10-6-4-7-11-20)21-12-8-5-9-13-21/h4-17H,3,18H2,1-2H3,(H,26,29)/b27-17-. The third kappa shape index (κ3) is 6.27. The summed E-state index contributed by atoms with van der Waals surface area (Å²) in [6, 6.07) is 25.2. The van der Waals surface area contributed by atoms with E-state index in [2.05, 4.69) is 15.5 Å². The van der Waals surface area contributed by atoms with Crippen LogP contribution in [0.1, 0.15) is 23.6 Å². The van der Waals surface area contributed by atoms with Crippen molar-refractivity contribution in [2.75, 3.05) is 20.3 Å². The Balaban J connectivity index is 1.80. The maximum absolute atomic E-state index is 11.6. The smallest absolute Gasteiger partial charge is 0.257 e. The van der Waals surface area contributed by atoms with Crippen LogP contribution in [0.25, 0.3) is 0 Å². The Morgan fingerprint density at radius 2 is 1.58 bits per heavy atom. The maximum atomic E-state index is 11.6. The molecule has 0 aromatic heterocycles. The molecule has 158 valence electrons. The summed E-state index contributed by atoms with van der Waals surface area (Å²) in [6.45, 7) is 2.35. The number of hydrogen-bond donors (Lipinski definition) is 1. The minimum atomic E-state index is -0.182. The Hall–Kier alpha value is -3.93. The first-order chi connectivity index (χ1) is 15.2. The molecule has 3 aromatic rings. The second kappa shape index (κ2) is 11.3. The second-order valence-electron chi connectivity index (χ2n) is 6.58. The van der Waals surface area contributed by atoms with Gasteiger partial charge in [0.05, 0.1) is 13.3 Å². The van der Waals surface area contributed by atoms with Crippen LogP contribution in [-0.2, 0) is 4.79 Å². The van der Waals surface area contributed by atoms with Crippen LogP contribution >= 0.6 is 0 Å². The molecule has 3 aromatic carbocycles. The number of ether oxygens (including phenoxy) is 2. The molecule has 0 heterocycles. The summed E-state index contributed by atoms with van der Waals surface area (Å²) >= 11 is 0. The van der Waals surface area contributed by atoms with Crippen molar-refractivity contribution in [1.29, 1.82) is 0 Å². The minimum absolute atomic E-state index is 0.0700. The molecule has 3 rings (SSSR count). The molecule has 0 bridgehead atoms. The summed E-state index contributed by atoms with van der Waals surface area (Å²) in [5, 5.41) is 11.5. The van der Waals surface area contributed by atoms with Crippen LogP contribution in [0.4, 0.5) is 0 Å². The van der Waals surface area contributed by atoms with E-state index in [1.54, 1.807) is 25.5 Å². The van der Waals surface area contributed by atoms with Gasteiger partial charge in [-0.15, -0.1) is 5.10 Å². The SMILES string of the molecule is CCNC(=O)COc1ccc(/C=N\N=C(c2ccccc2)c2ccccc2)cc1OC. The van der Waals surface area contributed by atoms with Crippen molar-refractivity contribution >= 4 is 17.8 Å².